The zero-order chi connectivity index (χ0) is 23.6. The minimum atomic E-state index is -0.271. The second kappa shape index (κ2) is 9.59. The van der Waals surface area contributed by atoms with Crippen molar-refractivity contribution in [1.29, 1.82) is 0 Å². The molecule has 6 rings (SSSR count). The van der Waals surface area contributed by atoms with Crippen LogP contribution in [0.2, 0.25) is 0 Å². The number of rotatable bonds is 5. The number of amides is 1. The van der Waals surface area contributed by atoms with E-state index in [2.05, 4.69) is 30.3 Å². The summed E-state index contributed by atoms with van der Waals surface area (Å²) in [7, 11) is 0. The number of fused-ring (bicyclic) bond motifs is 1. The van der Waals surface area contributed by atoms with Gasteiger partial charge in [0.25, 0.3) is 5.91 Å². The van der Waals surface area contributed by atoms with Crippen LogP contribution in [-0.2, 0) is 4.74 Å². The van der Waals surface area contributed by atoms with E-state index in [1.54, 1.807) is 29.8 Å². The van der Waals surface area contributed by atoms with Gasteiger partial charge in [0.1, 0.15) is 5.69 Å². The number of pyridine rings is 2. The van der Waals surface area contributed by atoms with E-state index in [-0.39, 0.29) is 5.91 Å². The molecule has 2 aliphatic heterocycles. The van der Waals surface area contributed by atoms with Gasteiger partial charge in [0, 0.05) is 37.9 Å². The van der Waals surface area contributed by atoms with Crippen LogP contribution >= 0.6 is 11.3 Å². The third-order valence-corrected chi connectivity index (χ3v) is 7.36. The Hall–Kier alpha value is -3.57. The average molecular weight is 491 g/mol. The summed E-state index contributed by atoms with van der Waals surface area (Å²) in [4.78, 5) is 32.1. The summed E-state index contributed by atoms with van der Waals surface area (Å²) in [5.74, 6) is 0.503. The van der Waals surface area contributed by atoms with Gasteiger partial charge in [-0.1, -0.05) is 17.4 Å². The third kappa shape index (κ3) is 4.56. The summed E-state index contributed by atoms with van der Waals surface area (Å²) < 4.78 is 6.43. The monoisotopic (exact) mass is 490 g/mol. The number of hydrogen-bond donors (Lipinski definition) is 2. The Morgan fingerprint density at radius 1 is 1.03 bits per heavy atom. The van der Waals surface area contributed by atoms with Crippen molar-refractivity contribution in [1.82, 2.24) is 25.1 Å². The minimum Gasteiger partial charge on any atom is -0.378 e. The maximum atomic E-state index is 13.3. The fourth-order valence-electron chi connectivity index (χ4n) is 4.47. The second-order valence-electron chi connectivity index (χ2n) is 8.67. The Morgan fingerprint density at radius 2 is 1.89 bits per heavy atom. The summed E-state index contributed by atoms with van der Waals surface area (Å²) in [5, 5.41) is 10.8. The van der Waals surface area contributed by atoms with Crippen molar-refractivity contribution in [3.63, 3.8) is 0 Å². The van der Waals surface area contributed by atoms with Crippen molar-refractivity contribution in [2.24, 2.45) is 0 Å². The van der Waals surface area contributed by atoms with Gasteiger partial charge in [-0.25, -0.2) is 9.97 Å². The van der Waals surface area contributed by atoms with E-state index >= 15 is 0 Å². The van der Waals surface area contributed by atoms with Crippen LogP contribution in [0.5, 0.6) is 0 Å². The largest absolute Gasteiger partial charge is 0.378 e. The molecule has 0 aliphatic carbocycles. The Bertz CT molecular complexity index is 1330. The van der Waals surface area contributed by atoms with E-state index < -0.39 is 0 Å². The van der Waals surface area contributed by atoms with Crippen LogP contribution < -0.4 is 15.1 Å². The first-order valence-corrected chi connectivity index (χ1v) is 12.7. The van der Waals surface area contributed by atoms with Crippen LogP contribution in [0.15, 0.2) is 36.7 Å². The van der Waals surface area contributed by atoms with E-state index in [4.69, 9.17) is 14.7 Å². The third-order valence-electron chi connectivity index (χ3n) is 6.31. The molecule has 11 heteroatoms. The highest BCUT2D eigenvalue weighted by atomic mass is 32.1. The lowest BCUT2D eigenvalue weighted by atomic mass is 10.1. The molecule has 4 aromatic rings. The highest BCUT2D eigenvalue weighted by molar-refractivity contribution is 7.22. The van der Waals surface area contributed by atoms with Crippen molar-refractivity contribution >= 4 is 44.2 Å². The molecule has 0 aromatic carbocycles. The molecule has 1 amide bonds. The molecular formula is C24H26N8O2S. The SMILES string of the molecule is O=C(Nc1cc2sc(N3CCOCC3)nc2nc1N1CCCCC1)c1cccc(-c2cn[nH]c2)n1. The van der Waals surface area contributed by atoms with E-state index in [9.17, 15) is 4.79 Å². The molecule has 10 nitrogen and oxygen atoms in total. The summed E-state index contributed by atoms with van der Waals surface area (Å²) in [6.07, 6.45) is 6.87. The number of piperidine rings is 1. The van der Waals surface area contributed by atoms with Crippen LogP contribution in [0.3, 0.4) is 0 Å². The first kappa shape index (κ1) is 21.9. The molecule has 0 unspecified atom stereocenters. The Balaban J connectivity index is 1.34. The van der Waals surface area contributed by atoms with Gasteiger partial charge in [-0.2, -0.15) is 10.1 Å². The lowest BCUT2D eigenvalue weighted by Crippen LogP contribution is -2.36. The number of ether oxygens (including phenoxy) is 1. The average Bonchev–Trinajstić information content (AvgIpc) is 3.60. The van der Waals surface area contributed by atoms with Gasteiger partial charge < -0.3 is 19.9 Å². The number of aromatic nitrogens is 5. The zero-order valence-electron chi connectivity index (χ0n) is 19.2. The second-order valence-corrected chi connectivity index (χ2v) is 9.68. The molecular weight excluding hydrogens is 464 g/mol. The molecule has 2 saturated heterocycles. The van der Waals surface area contributed by atoms with Gasteiger partial charge in [0.2, 0.25) is 0 Å². The molecule has 0 saturated carbocycles. The Labute approximate surface area is 206 Å². The van der Waals surface area contributed by atoms with E-state index in [1.165, 1.54) is 6.42 Å². The van der Waals surface area contributed by atoms with Crippen LogP contribution in [0.1, 0.15) is 29.8 Å². The Morgan fingerprint density at radius 3 is 2.69 bits per heavy atom. The topological polar surface area (TPSA) is 112 Å². The number of anilines is 3. The number of nitrogens with one attached hydrogen (secondary N) is 2. The van der Waals surface area contributed by atoms with E-state index in [1.807, 2.05) is 18.2 Å². The molecule has 6 heterocycles. The maximum Gasteiger partial charge on any atom is 0.274 e. The molecule has 35 heavy (non-hydrogen) atoms. The highest BCUT2D eigenvalue weighted by Gasteiger charge is 2.23. The zero-order valence-corrected chi connectivity index (χ0v) is 20.1. The molecule has 2 N–H and O–H groups in total. The lowest BCUT2D eigenvalue weighted by Gasteiger charge is -2.29. The summed E-state index contributed by atoms with van der Waals surface area (Å²) >= 11 is 1.60. The predicted octanol–water partition coefficient (Wildman–Crippen LogP) is 3.56. The quantitative estimate of drug-likeness (QED) is 0.437. The summed E-state index contributed by atoms with van der Waals surface area (Å²) in [5.41, 5.74) is 3.27. The van der Waals surface area contributed by atoms with Gasteiger partial charge in [0.15, 0.2) is 16.6 Å². The normalized spacial score (nSPS) is 16.6. The number of carbonyl (C=O) groups excluding carboxylic acids is 1. The molecule has 0 atom stereocenters. The molecule has 0 radical (unpaired) electrons. The first-order chi connectivity index (χ1) is 17.2. The van der Waals surface area contributed by atoms with Crippen LogP contribution in [0, 0.1) is 0 Å². The number of nitrogens with zero attached hydrogens (tertiary/aromatic N) is 6. The number of morpholine rings is 1. The molecule has 2 fully saturated rings. The van der Waals surface area contributed by atoms with Gasteiger partial charge in [-0.3, -0.25) is 9.89 Å². The van der Waals surface area contributed by atoms with Crippen LogP contribution in [-0.4, -0.2) is 70.4 Å². The highest BCUT2D eigenvalue weighted by Crippen LogP contribution is 2.35. The number of carbonyl (C=O) groups is 1. The van der Waals surface area contributed by atoms with Crippen LogP contribution in [0.4, 0.5) is 16.6 Å². The number of hydrogen-bond acceptors (Lipinski definition) is 9. The molecule has 0 bridgehead atoms. The lowest BCUT2D eigenvalue weighted by molar-refractivity contribution is 0.102. The smallest absolute Gasteiger partial charge is 0.274 e. The fourth-order valence-corrected chi connectivity index (χ4v) is 5.47. The van der Waals surface area contributed by atoms with Gasteiger partial charge in [-0.15, -0.1) is 0 Å². The maximum absolute atomic E-state index is 13.3. The molecule has 180 valence electrons. The first-order valence-electron chi connectivity index (χ1n) is 11.9. The van der Waals surface area contributed by atoms with Gasteiger partial charge >= 0.3 is 0 Å². The van der Waals surface area contributed by atoms with Gasteiger partial charge in [-0.05, 0) is 37.5 Å². The van der Waals surface area contributed by atoms with Crippen molar-refractivity contribution in [2.75, 3.05) is 54.5 Å². The van der Waals surface area contributed by atoms with E-state index in [0.29, 0.717) is 30.3 Å². The standard InChI is InChI=1S/C24H26N8O2S/c33-23(18-6-4-5-17(27-18)16-14-25-26-15-16)28-19-13-20-21(29-22(19)31-7-2-1-3-8-31)30-24(35-20)32-9-11-34-12-10-32/h4-6,13-15H,1-3,7-12H2,(H,25,26)(H,28,33). The van der Waals surface area contributed by atoms with Gasteiger partial charge in [0.05, 0.1) is 35.5 Å². The number of aromatic amines is 1. The molecule has 4 aromatic heterocycles. The molecule has 0 spiro atoms. The summed E-state index contributed by atoms with van der Waals surface area (Å²) in [6, 6.07) is 7.41. The van der Waals surface area contributed by atoms with Crippen molar-refractivity contribution in [3.05, 3.63) is 42.4 Å². The van der Waals surface area contributed by atoms with Crippen molar-refractivity contribution in [3.8, 4) is 11.3 Å². The van der Waals surface area contributed by atoms with Crippen molar-refractivity contribution < 1.29 is 9.53 Å². The number of H-pyrrole nitrogens is 1. The Kier molecular flexibility index (Phi) is 6.01. The number of thiazole rings is 1. The predicted molar refractivity (Wildman–Crippen MR) is 136 cm³/mol. The minimum absolute atomic E-state index is 0.271. The summed E-state index contributed by atoms with van der Waals surface area (Å²) in [6.45, 7) is 4.87. The van der Waals surface area contributed by atoms with Crippen molar-refractivity contribution in [2.45, 2.75) is 19.3 Å². The fraction of sp³-hybridized carbons (Fsp3) is 0.375. The van der Waals surface area contributed by atoms with Crippen LogP contribution in [0.25, 0.3) is 21.6 Å². The molecule has 2 aliphatic rings. The van der Waals surface area contributed by atoms with E-state index in [0.717, 1.165) is 65.9 Å².